The van der Waals surface area contributed by atoms with Gasteiger partial charge in [0.2, 0.25) is 0 Å². The van der Waals surface area contributed by atoms with Gasteiger partial charge in [-0.3, -0.25) is 4.79 Å². The highest BCUT2D eigenvalue weighted by atomic mass is 32.2. The Hall–Kier alpha value is -0.220. The van der Waals surface area contributed by atoms with Crippen LogP contribution in [0.4, 0.5) is 0 Å². The van der Waals surface area contributed by atoms with E-state index in [2.05, 4.69) is 0 Å². The van der Waals surface area contributed by atoms with Crippen LogP contribution in [0.1, 0.15) is 32.6 Å². The summed E-state index contributed by atoms with van der Waals surface area (Å²) in [6, 6.07) is -0.448. The Morgan fingerprint density at radius 2 is 2.20 bits per heavy atom. The van der Waals surface area contributed by atoms with Gasteiger partial charge in [0.05, 0.1) is 6.61 Å². The molecule has 1 aliphatic rings. The second-order valence-electron chi connectivity index (χ2n) is 4.05. The Labute approximate surface area is 96.1 Å². The van der Waals surface area contributed by atoms with Crippen molar-refractivity contribution in [2.45, 2.75) is 38.6 Å². The molecule has 0 heterocycles. The van der Waals surface area contributed by atoms with Crippen LogP contribution in [-0.4, -0.2) is 30.1 Å². The van der Waals surface area contributed by atoms with E-state index in [0.717, 1.165) is 11.7 Å². The van der Waals surface area contributed by atoms with Gasteiger partial charge in [-0.25, -0.2) is 0 Å². The molecule has 0 radical (unpaired) electrons. The van der Waals surface area contributed by atoms with Crippen LogP contribution in [0.15, 0.2) is 0 Å². The summed E-state index contributed by atoms with van der Waals surface area (Å²) in [6.45, 7) is 2.22. The molecule has 3 nitrogen and oxygen atoms in total. The van der Waals surface area contributed by atoms with E-state index >= 15 is 0 Å². The van der Waals surface area contributed by atoms with Gasteiger partial charge in [-0.15, -0.1) is 0 Å². The van der Waals surface area contributed by atoms with Gasteiger partial charge in [0.15, 0.2) is 0 Å². The predicted octanol–water partition coefficient (Wildman–Crippen LogP) is 1.80. The van der Waals surface area contributed by atoms with Gasteiger partial charge in [0.1, 0.15) is 6.04 Å². The molecule has 2 N–H and O–H groups in total. The number of hydrogen-bond acceptors (Lipinski definition) is 4. The first-order valence-electron chi connectivity index (χ1n) is 5.74. The topological polar surface area (TPSA) is 52.3 Å². The molecule has 1 atom stereocenters. The van der Waals surface area contributed by atoms with E-state index in [1.165, 1.54) is 25.7 Å². The minimum atomic E-state index is -0.448. The van der Waals surface area contributed by atoms with Crippen LogP contribution in [0.5, 0.6) is 0 Å². The molecule has 0 spiro atoms. The third-order valence-electron chi connectivity index (χ3n) is 2.72. The third kappa shape index (κ3) is 4.89. The molecule has 1 saturated carbocycles. The Balaban J connectivity index is 2.05. The molecule has 4 heteroatoms. The molecular formula is C11H21NO2S. The second kappa shape index (κ2) is 7.12. The summed E-state index contributed by atoms with van der Waals surface area (Å²) in [7, 11) is 0. The van der Waals surface area contributed by atoms with Crippen LogP contribution < -0.4 is 5.73 Å². The fourth-order valence-electron chi connectivity index (χ4n) is 1.86. The normalized spacial score (nSPS) is 19.1. The van der Waals surface area contributed by atoms with Crippen molar-refractivity contribution in [2.75, 3.05) is 18.1 Å². The summed E-state index contributed by atoms with van der Waals surface area (Å²) in [5, 5.41) is 0. The highest BCUT2D eigenvalue weighted by Gasteiger charge is 2.18. The molecule has 0 aromatic carbocycles. The van der Waals surface area contributed by atoms with Crippen LogP contribution >= 0.6 is 11.8 Å². The molecule has 1 rings (SSSR count). The highest BCUT2D eigenvalue weighted by molar-refractivity contribution is 7.99. The molecule has 0 amide bonds. The average Bonchev–Trinajstić information content (AvgIpc) is 2.71. The molecule has 1 aliphatic carbocycles. The van der Waals surface area contributed by atoms with Gasteiger partial charge < -0.3 is 10.5 Å². The first-order chi connectivity index (χ1) is 7.24. The molecule has 0 bridgehead atoms. The molecule has 1 unspecified atom stereocenters. The maximum Gasteiger partial charge on any atom is 0.323 e. The molecule has 0 aromatic rings. The number of nitrogens with two attached hydrogens (primary N) is 1. The van der Waals surface area contributed by atoms with Crippen molar-refractivity contribution in [2.24, 2.45) is 11.7 Å². The molecule has 0 saturated heterocycles. The van der Waals surface area contributed by atoms with Crippen LogP contribution in [0.2, 0.25) is 0 Å². The zero-order valence-electron chi connectivity index (χ0n) is 9.41. The summed E-state index contributed by atoms with van der Waals surface area (Å²) in [5.41, 5.74) is 5.69. The van der Waals surface area contributed by atoms with Crippen molar-refractivity contribution in [1.82, 2.24) is 0 Å². The van der Waals surface area contributed by atoms with Gasteiger partial charge in [-0.05, 0) is 31.4 Å². The summed E-state index contributed by atoms with van der Waals surface area (Å²) in [5.74, 6) is 2.42. The fraction of sp³-hybridized carbons (Fsp3) is 0.909. The standard InChI is InChI=1S/C11H21NO2S/c1-2-14-11(13)10(12)8-15-7-9-5-3-4-6-9/h9-10H,2-8,12H2,1H3. The number of carbonyl (C=O) groups is 1. The average molecular weight is 231 g/mol. The van der Waals surface area contributed by atoms with E-state index in [1.807, 2.05) is 0 Å². The summed E-state index contributed by atoms with van der Waals surface area (Å²) < 4.78 is 4.85. The lowest BCUT2D eigenvalue weighted by Gasteiger charge is -2.12. The molecule has 0 aliphatic heterocycles. The van der Waals surface area contributed by atoms with Crippen molar-refractivity contribution in [3.63, 3.8) is 0 Å². The molecule has 0 aromatic heterocycles. The smallest absolute Gasteiger partial charge is 0.323 e. The largest absolute Gasteiger partial charge is 0.465 e. The van der Waals surface area contributed by atoms with E-state index in [9.17, 15) is 4.79 Å². The number of rotatable bonds is 6. The lowest BCUT2D eigenvalue weighted by atomic mass is 10.1. The van der Waals surface area contributed by atoms with E-state index in [-0.39, 0.29) is 5.97 Å². The van der Waals surface area contributed by atoms with Crippen LogP contribution in [-0.2, 0) is 9.53 Å². The Morgan fingerprint density at radius 3 is 2.80 bits per heavy atom. The number of carbonyl (C=O) groups excluding carboxylic acids is 1. The zero-order valence-corrected chi connectivity index (χ0v) is 10.2. The summed E-state index contributed by atoms with van der Waals surface area (Å²) in [4.78, 5) is 11.2. The van der Waals surface area contributed by atoms with Crippen molar-refractivity contribution >= 4 is 17.7 Å². The Kier molecular flexibility index (Phi) is 6.10. The number of ether oxygens (including phenoxy) is 1. The molecule has 88 valence electrons. The van der Waals surface area contributed by atoms with Gasteiger partial charge in [0, 0.05) is 5.75 Å². The Morgan fingerprint density at radius 1 is 1.53 bits per heavy atom. The van der Waals surface area contributed by atoms with Gasteiger partial charge in [0.25, 0.3) is 0 Å². The van der Waals surface area contributed by atoms with Crippen molar-refractivity contribution in [3.05, 3.63) is 0 Å². The predicted molar refractivity (Wildman–Crippen MR) is 63.9 cm³/mol. The van der Waals surface area contributed by atoms with E-state index in [4.69, 9.17) is 10.5 Å². The Bertz CT molecular complexity index is 193. The lowest BCUT2D eigenvalue weighted by molar-refractivity contribution is -0.144. The molecule has 15 heavy (non-hydrogen) atoms. The summed E-state index contributed by atoms with van der Waals surface area (Å²) >= 11 is 1.79. The highest BCUT2D eigenvalue weighted by Crippen LogP contribution is 2.27. The maximum absolute atomic E-state index is 11.2. The minimum Gasteiger partial charge on any atom is -0.465 e. The minimum absolute atomic E-state index is 0.267. The lowest BCUT2D eigenvalue weighted by Crippen LogP contribution is -2.34. The summed E-state index contributed by atoms with van der Waals surface area (Å²) in [6.07, 6.45) is 5.44. The first-order valence-corrected chi connectivity index (χ1v) is 6.89. The number of thioether (sulfide) groups is 1. The first kappa shape index (κ1) is 12.8. The molecule has 1 fully saturated rings. The monoisotopic (exact) mass is 231 g/mol. The number of hydrogen-bond donors (Lipinski definition) is 1. The maximum atomic E-state index is 11.2. The van der Waals surface area contributed by atoms with Crippen molar-refractivity contribution < 1.29 is 9.53 Å². The van der Waals surface area contributed by atoms with Gasteiger partial charge in [-0.2, -0.15) is 11.8 Å². The number of esters is 1. The van der Waals surface area contributed by atoms with E-state index in [0.29, 0.717) is 12.4 Å². The third-order valence-corrected chi connectivity index (χ3v) is 4.02. The van der Waals surface area contributed by atoms with E-state index in [1.54, 1.807) is 18.7 Å². The SMILES string of the molecule is CCOC(=O)C(N)CSCC1CCCC1. The van der Waals surface area contributed by atoms with E-state index < -0.39 is 6.04 Å². The van der Waals surface area contributed by atoms with Crippen LogP contribution in [0.3, 0.4) is 0 Å². The second-order valence-corrected chi connectivity index (χ2v) is 5.12. The van der Waals surface area contributed by atoms with Gasteiger partial charge >= 0.3 is 5.97 Å². The van der Waals surface area contributed by atoms with Gasteiger partial charge in [-0.1, -0.05) is 12.8 Å². The van der Waals surface area contributed by atoms with Crippen molar-refractivity contribution in [1.29, 1.82) is 0 Å². The fourth-order valence-corrected chi connectivity index (χ4v) is 3.05. The quantitative estimate of drug-likeness (QED) is 0.708. The van der Waals surface area contributed by atoms with Crippen molar-refractivity contribution in [3.8, 4) is 0 Å². The molecular weight excluding hydrogens is 210 g/mol. The van der Waals surface area contributed by atoms with Crippen LogP contribution in [0, 0.1) is 5.92 Å². The zero-order chi connectivity index (χ0) is 11.1. The van der Waals surface area contributed by atoms with Crippen LogP contribution in [0.25, 0.3) is 0 Å².